The zero-order valence-corrected chi connectivity index (χ0v) is 22.0. The fourth-order valence-corrected chi connectivity index (χ4v) is 10.1. The molecule has 1 N–H and O–H groups in total. The lowest BCUT2D eigenvalue weighted by molar-refractivity contribution is 0.306. The highest BCUT2D eigenvalue weighted by atomic mass is 35.5. The Morgan fingerprint density at radius 1 is 1.09 bits per heavy atom. The molecular formula is C26H23ClN4OS3. The highest BCUT2D eigenvalue weighted by Gasteiger charge is 2.55. The Morgan fingerprint density at radius 2 is 1.86 bits per heavy atom. The number of fused-ring (bicyclic) bond motifs is 6. The van der Waals surface area contributed by atoms with Crippen molar-refractivity contribution in [2.45, 2.75) is 42.0 Å². The molecule has 4 aromatic rings. The molecule has 5 nitrogen and oxygen atoms in total. The van der Waals surface area contributed by atoms with Crippen molar-refractivity contribution >= 4 is 46.9 Å². The van der Waals surface area contributed by atoms with Gasteiger partial charge in [-0.1, -0.05) is 53.3 Å². The maximum Gasteiger partial charge on any atom is 0.308 e. The van der Waals surface area contributed by atoms with Crippen LogP contribution in [0.1, 0.15) is 41.4 Å². The number of hydrogen-bond acceptors (Lipinski definition) is 5. The summed E-state index contributed by atoms with van der Waals surface area (Å²) in [6.45, 7) is 0.387. The molecule has 2 aromatic heterocycles. The van der Waals surface area contributed by atoms with Crippen LogP contribution in [0.2, 0.25) is 5.02 Å². The number of thioether (sulfide) groups is 1. The van der Waals surface area contributed by atoms with Gasteiger partial charge in [0, 0.05) is 26.8 Å². The fraction of sp³-hybridized carbons (Fsp3) is 0.346. The van der Waals surface area contributed by atoms with E-state index in [1.165, 1.54) is 41.0 Å². The summed E-state index contributed by atoms with van der Waals surface area (Å²) in [5.41, 5.74) is 2.22. The minimum Gasteiger partial charge on any atom is -0.286 e. The molecule has 35 heavy (non-hydrogen) atoms. The number of aromatic nitrogens is 4. The predicted molar refractivity (Wildman–Crippen MR) is 144 cm³/mol. The molecule has 3 heterocycles. The van der Waals surface area contributed by atoms with Crippen molar-refractivity contribution in [3.63, 3.8) is 0 Å². The molecule has 2 saturated carbocycles. The number of aromatic amines is 1. The van der Waals surface area contributed by atoms with Gasteiger partial charge in [0.15, 0.2) is 10.6 Å². The Bertz CT molecular complexity index is 1520. The third-order valence-corrected chi connectivity index (χ3v) is 11.3. The average molecular weight is 539 g/mol. The number of halogens is 1. The molecule has 9 heteroatoms. The normalized spacial score (nSPS) is 26.6. The number of benzene rings is 2. The quantitative estimate of drug-likeness (QED) is 0.301. The van der Waals surface area contributed by atoms with E-state index < -0.39 is 0 Å². The minimum atomic E-state index is 0.0716. The fourth-order valence-electron chi connectivity index (χ4n) is 6.55. The van der Waals surface area contributed by atoms with Gasteiger partial charge in [0.25, 0.3) is 0 Å². The van der Waals surface area contributed by atoms with E-state index in [1.54, 1.807) is 0 Å². The number of nitrogens with one attached hydrogen (secondary N) is 1. The molecule has 178 valence electrons. The Hall–Kier alpha value is -2.13. The van der Waals surface area contributed by atoms with E-state index in [-0.39, 0.29) is 10.8 Å². The van der Waals surface area contributed by atoms with Gasteiger partial charge in [0.05, 0.1) is 11.6 Å². The number of para-hydroxylation sites is 1. The zero-order chi connectivity index (χ0) is 23.7. The Morgan fingerprint density at radius 3 is 2.66 bits per heavy atom. The summed E-state index contributed by atoms with van der Waals surface area (Å²) in [5, 5.41) is 9.86. The first-order valence-corrected chi connectivity index (χ1v) is 14.4. The maximum absolute atomic E-state index is 13.5. The molecule has 2 fully saturated rings. The second-order valence-electron chi connectivity index (χ2n) is 9.76. The van der Waals surface area contributed by atoms with E-state index in [2.05, 4.69) is 22.3 Å². The first-order chi connectivity index (χ1) is 17.1. The molecule has 3 aliphatic rings. The third kappa shape index (κ3) is 3.52. The molecule has 0 unspecified atom stereocenters. The molecule has 2 aromatic carbocycles. The molecule has 5 atom stereocenters. The Labute approximate surface area is 221 Å². The molecule has 2 bridgehead atoms. The molecule has 0 saturated heterocycles. The summed E-state index contributed by atoms with van der Waals surface area (Å²) in [5.74, 6) is 3.05. The summed E-state index contributed by atoms with van der Waals surface area (Å²) in [6, 6.07) is 18.2. The summed E-state index contributed by atoms with van der Waals surface area (Å²) in [7, 11) is 0. The monoisotopic (exact) mass is 538 g/mol. The van der Waals surface area contributed by atoms with Gasteiger partial charge in [0.1, 0.15) is 0 Å². The summed E-state index contributed by atoms with van der Waals surface area (Å²) in [4.78, 5) is 14.7. The van der Waals surface area contributed by atoms with Gasteiger partial charge in [0.2, 0.25) is 0 Å². The number of rotatable bonds is 4. The van der Waals surface area contributed by atoms with E-state index in [9.17, 15) is 4.79 Å². The molecule has 0 amide bonds. The zero-order valence-electron chi connectivity index (χ0n) is 18.8. The van der Waals surface area contributed by atoms with E-state index >= 15 is 0 Å². The number of thiazole rings is 1. The number of nitrogens with zero attached hydrogens (tertiary/aromatic N) is 3. The van der Waals surface area contributed by atoms with Crippen LogP contribution in [-0.4, -0.2) is 24.6 Å². The number of hydrogen-bond donors (Lipinski definition) is 1. The van der Waals surface area contributed by atoms with Crippen LogP contribution in [0, 0.1) is 22.5 Å². The smallest absolute Gasteiger partial charge is 0.286 e. The maximum atomic E-state index is 13.5. The highest BCUT2D eigenvalue weighted by molar-refractivity contribution is 8.00. The van der Waals surface area contributed by atoms with Crippen LogP contribution in [0.4, 0.5) is 0 Å². The first kappa shape index (κ1) is 22.1. The van der Waals surface area contributed by atoms with Gasteiger partial charge >= 0.3 is 4.87 Å². The van der Waals surface area contributed by atoms with E-state index in [4.69, 9.17) is 23.8 Å². The van der Waals surface area contributed by atoms with Crippen molar-refractivity contribution < 1.29 is 0 Å². The van der Waals surface area contributed by atoms with Crippen molar-refractivity contribution in [3.8, 4) is 5.69 Å². The molecular weight excluding hydrogens is 516 g/mol. The molecule has 0 spiro atoms. The van der Waals surface area contributed by atoms with Crippen LogP contribution in [0.5, 0.6) is 0 Å². The van der Waals surface area contributed by atoms with E-state index in [0.29, 0.717) is 22.5 Å². The average Bonchev–Trinajstić information content (AvgIpc) is 3.64. The second kappa shape index (κ2) is 8.47. The molecule has 7 rings (SSSR count). The van der Waals surface area contributed by atoms with Crippen LogP contribution in [-0.2, 0) is 6.54 Å². The van der Waals surface area contributed by atoms with Crippen LogP contribution in [0.25, 0.3) is 5.69 Å². The van der Waals surface area contributed by atoms with Crippen molar-refractivity contribution in [2.75, 3.05) is 0 Å². The van der Waals surface area contributed by atoms with Gasteiger partial charge in [-0.25, -0.2) is 0 Å². The largest absolute Gasteiger partial charge is 0.308 e. The number of H-pyrrole nitrogens is 1. The van der Waals surface area contributed by atoms with Gasteiger partial charge in [-0.2, -0.15) is 5.10 Å². The van der Waals surface area contributed by atoms with Gasteiger partial charge in [-0.15, -0.1) is 11.8 Å². The summed E-state index contributed by atoms with van der Waals surface area (Å²) in [6.07, 6.45) is 3.94. The van der Waals surface area contributed by atoms with Crippen molar-refractivity contribution in [3.05, 3.63) is 90.3 Å². The SMILES string of the molecule is O=c1sc2c(n1Cc1n[nH]c(=S)n1-c1ccccc1)S[C@H]1[C@H]3CC[C@H](C3)[C@@H]1[C@@H]2c1ccc(Cl)cc1. The Kier molecular flexibility index (Phi) is 5.35. The predicted octanol–water partition coefficient (Wildman–Crippen LogP) is 6.51. The molecule has 0 radical (unpaired) electrons. The van der Waals surface area contributed by atoms with Crippen LogP contribution in [0.3, 0.4) is 0 Å². The minimum absolute atomic E-state index is 0.0716. The lowest BCUT2D eigenvalue weighted by Gasteiger charge is -2.40. The topological polar surface area (TPSA) is 55.6 Å². The van der Waals surface area contributed by atoms with Crippen LogP contribution in [0.15, 0.2) is 64.4 Å². The molecule has 1 aliphatic heterocycles. The lowest BCUT2D eigenvalue weighted by Crippen LogP contribution is -2.34. The third-order valence-electron chi connectivity index (χ3n) is 7.98. The van der Waals surface area contributed by atoms with E-state index in [1.807, 2.05) is 63.4 Å². The standard InChI is InChI=1S/C26H23ClN4OS3/c27-17-10-8-14(9-11-17)20-21-15-6-7-16(12-15)22(21)34-24-23(20)35-26(32)30(24)13-19-28-29-25(33)31(19)18-4-2-1-3-5-18/h1-5,8-11,15-16,20-22H,6-7,12-13H2,(H,29,33)/t15-,16+,20+,21-,22+/m1/s1. The summed E-state index contributed by atoms with van der Waals surface area (Å²) >= 11 is 15.1. The van der Waals surface area contributed by atoms with Gasteiger partial charge < -0.3 is 0 Å². The second-order valence-corrected chi connectivity index (χ2v) is 12.7. The highest BCUT2D eigenvalue weighted by Crippen LogP contribution is 2.64. The summed E-state index contributed by atoms with van der Waals surface area (Å²) < 4.78 is 4.39. The van der Waals surface area contributed by atoms with Crippen molar-refractivity contribution in [1.29, 1.82) is 0 Å². The first-order valence-electron chi connectivity index (χ1n) is 12.0. The van der Waals surface area contributed by atoms with Crippen LogP contribution >= 0.6 is 46.9 Å². The molecule has 2 aliphatic carbocycles. The van der Waals surface area contributed by atoms with Gasteiger partial charge in [-0.05, 0) is 79.1 Å². The van der Waals surface area contributed by atoms with E-state index in [0.717, 1.165) is 33.4 Å². The van der Waals surface area contributed by atoms with Crippen LogP contribution < -0.4 is 4.87 Å². The van der Waals surface area contributed by atoms with Gasteiger partial charge in [-0.3, -0.25) is 19.0 Å². The Balaban J connectivity index is 1.35. The van der Waals surface area contributed by atoms with Crippen molar-refractivity contribution in [2.24, 2.45) is 17.8 Å². The van der Waals surface area contributed by atoms with Crippen molar-refractivity contribution in [1.82, 2.24) is 19.3 Å². The lowest BCUT2D eigenvalue weighted by atomic mass is 9.75.